The zero-order valence-corrected chi connectivity index (χ0v) is 10.5. The molecule has 5 nitrogen and oxygen atoms in total. The number of likely N-dealkylation sites (tertiary alicyclic amines) is 1. The molecule has 1 rings (SSSR count). The maximum absolute atomic E-state index is 11.7. The van der Waals surface area contributed by atoms with Crippen LogP contribution in [-0.4, -0.2) is 52.6 Å². The third-order valence-electron chi connectivity index (χ3n) is 2.56. The molecule has 0 aromatic rings. The number of urea groups is 1. The minimum absolute atomic E-state index is 0.269. The molecule has 1 aliphatic rings. The zero-order valence-electron chi connectivity index (χ0n) is 9.72. The molecule has 17 heavy (non-hydrogen) atoms. The highest BCUT2D eigenvalue weighted by Crippen LogP contribution is 2.17. The van der Waals surface area contributed by atoms with Crippen LogP contribution in [0, 0.1) is 0 Å². The average Bonchev–Trinajstić information content (AvgIpc) is 2.77. The maximum atomic E-state index is 11.7. The molecular formula is C11H18N2O3S. The van der Waals surface area contributed by atoms with E-state index in [2.05, 4.69) is 11.9 Å². The van der Waals surface area contributed by atoms with E-state index in [4.69, 9.17) is 5.11 Å². The quantitative estimate of drug-likeness (QED) is 0.554. The Balaban J connectivity index is 2.27. The fourth-order valence-electron chi connectivity index (χ4n) is 1.76. The van der Waals surface area contributed by atoms with Crippen molar-refractivity contribution in [1.82, 2.24) is 10.2 Å². The smallest absolute Gasteiger partial charge is 0.326 e. The van der Waals surface area contributed by atoms with Gasteiger partial charge in [0.15, 0.2) is 0 Å². The third-order valence-corrected chi connectivity index (χ3v) is 3.52. The molecule has 0 aromatic carbocycles. The second-order valence-corrected chi connectivity index (χ2v) is 4.94. The molecule has 0 bridgehead atoms. The van der Waals surface area contributed by atoms with E-state index in [0.29, 0.717) is 19.5 Å². The summed E-state index contributed by atoms with van der Waals surface area (Å²) in [6.07, 6.45) is 3.12. The van der Waals surface area contributed by atoms with Crippen molar-refractivity contribution in [3.05, 3.63) is 12.7 Å². The van der Waals surface area contributed by atoms with E-state index in [1.54, 1.807) is 11.8 Å². The van der Waals surface area contributed by atoms with Crippen LogP contribution in [0.1, 0.15) is 12.8 Å². The minimum Gasteiger partial charge on any atom is -0.480 e. The zero-order chi connectivity index (χ0) is 12.7. The van der Waals surface area contributed by atoms with Gasteiger partial charge in [0.25, 0.3) is 0 Å². The van der Waals surface area contributed by atoms with E-state index >= 15 is 0 Å². The van der Waals surface area contributed by atoms with Crippen LogP contribution in [0.4, 0.5) is 4.79 Å². The van der Waals surface area contributed by atoms with Crippen molar-refractivity contribution in [2.75, 3.05) is 24.6 Å². The van der Waals surface area contributed by atoms with Gasteiger partial charge in [0.2, 0.25) is 0 Å². The summed E-state index contributed by atoms with van der Waals surface area (Å²) >= 11 is 1.68. The van der Waals surface area contributed by atoms with Crippen LogP contribution in [0.5, 0.6) is 0 Å². The Morgan fingerprint density at radius 3 is 3.00 bits per heavy atom. The number of hydrogen-bond donors (Lipinski definition) is 2. The van der Waals surface area contributed by atoms with Gasteiger partial charge in [-0.1, -0.05) is 6.08 Å². The molecule has 6 heteroatoms. The largest absolute Gasteiger partial charge is 0.480 e. The van der Waals surface area contributed by atoms with Gasteiger partial charge in [0, 0.05) is 24.6 Å². The first-order valence-corrected chi connectivity index (χ1v) is 6.78. The Labute approximate surface area is 105 Å². The van der Waals surface area contributed by atoms with Gasteiger partial charge < -0.3 is 15.3 Å². The van der Waals surface area contributed by atoms with E-state index in [1.165, 1.54) is 4.90 Å². The fraction of sp³-hybridized carbons (Fsp3) is 0.636. The Morgan fingerprint density at radius 1 is 1.59 bits per heavy atom. The summed E-state index contributed by atoms with van der Waals surface area (Å²) in [6.45, 7) is 4.69. The fourth-order valence-corrected chi connectivity index (χ4v) is 2.34. The lowest BCUT2D eigenvalue weighted by molar-refractivity contribution is -0.141. The molecule has 1 heterocycles. The molecule has 0 unspecified atom stereocenters. The number of carboxylic acids is 1. The summed E-state index contributed by atoms with van der Waals surface area (Å²) in [5.74, 6) is 0.749. The Hall–Kier alpha value is -1.17. The van der Waals surface area contributed by atoms with Crippen LogP contribution >= 0.6 is 11.8 Å². The van der Waals surface area contributed by atoms with Gasteiger partial charge in [-0.05, 0) is 12.8 Å². The molecule has 1 atom stereocenters. The molecule has 2 N–H and O–H groups in total. The average molecular weight is 258 g/mol. The third kappa shape index (κ3) is 4.30. The van der Waals surface area contributed by atoms with Gasteiger partial charge in [0.05, 0.1) is 0 Å². The number of rotatable bonds is 6. The molecule has 0 aromatic heterocycles. The normalized spacial score (nSPS) is 19.1. The summed E-state index contributed by atoms with van der Waals surface area (Å²) in [5.41, 5.74) is 0. The number of aliphatic carboxylic acids is 1. The van der Waals surface area contributed by atoms with Crippen molar-refractivity contribution in [2.24, 2.45) is 0 Å². The Bertz CT molecular complexity index is 296. The predicted molar refractivity (Wildman–Crippen MR) is 68.3 cm³/mol. The van der Waals surface area contributed by atoms with Crippen LogP contribution in [-0.2, 0) is 4.79 Å². The number of carbonyl (C=O) groups is 2. The van der Waals surface area contributed by atoms with E-state index in [9.17, 15) is 9.59 Å². The van der Waals surface area contributed by atoms with Gasteiger partial charge in [-0.15, -0.1) is 6.58 Å². The molecule has 1 aliphatic heterocycles. The SMILES string of the molecule is C=CCSCCNC(=O)N1CCC[C@@H]1C(=O)O. The van der Waals surface area contributed by atoms with Crippen molar-refractivity contribution in [1.29, 1.82) is 0 Å². The lowest BCUT2D eigenvalue weighted by Crippen LogP contribution is -2.46. The van der Waals surface area contributed by atoms with Crippen molar-refractivity contribution < 1.29 is 14.7 Å². The second-order valence-electron chi connectivity index (χ2n) is 3.79. The van der Waals surface area contributed by atoms with Crippen molar-refractivity contribution in [2.45, 2.75) is 18.9 Å². The van der Waals surface area contributed by atoms with Gasteiger partial charge in [-0.2, -0.15) is 11.8 Å². The summed E-state index contributed by atoms with van der Waals surface area (Å²) in [4.78, 5) is 24.0. The van der Waals surface area contributed by atoms with Crippen molar-refractivity contribution in [3.63, 3.8) is 0 Å². The first-order valence-electron chi connectivity index (χ1n) is 5.62. The molecule has 0 spiro atoms. The highest BCUT2D eigenvalue weighted by Gasteiger charge is 2.33. The number of carbonyl (C=O) groups excluding carboxylic acids is 1. The van der Waals surface area contributed by atoms with Crippen LogP contribution in [0.25, 0.3) is 0 Å². The van der Waals surface area contributed by atoms with E-state index < -0.39 is 12.0 Å². The highest BCUT2D eigenvalue weighted by atomic mass is 32.2. The molecule has 96 valence electrons. The van der Waals surface area contributed by atoms with Gasteiger partial charge in [0.1, 0.15) is 6.04 Å². The number of nitrogens with zero attached hydrogens (tertiary/aromatic N) is 1. The highest BCUT2D eigenvalue weighted by molar-refractivity contribution is 7.99. The second kappa shape index (κ2) is 7.21. The van der Waals surface area contributed by atoms with Gasteiger partial charge >= 0.3 is 12.0 Å². The summed E-state index contributed by atoms with van der Waals surface area (Å²) in [5, 5.41) is 11.7. The number of amides is 2. The molecule has 1 fully saturated rings. The molecule has 0 aliphatic carbocycles. The van der Waals surface area contributed by atoms with Gasteiger partial charge in [-0.25, -0.2) is 9.59 Å². The summed E-state index contributed by atoms with van der Waals surface area (Å²) in [6, 6.07) is -0.926. The first kappa shape index (κ1) is 13.9. The van der Waals surface area contributed by atoms with Crippen LogP contribution in [0.15, 0.2) is 12.7 Å². The standard InChI is InChI=1S/C11H18N2O3S/c1-2-7-17-8-5-12-11(16)13-6-3-4-9(13)10(14)15/h2,9H,1,3-8H2,(H,12,16)(H,14,15)/t9-/m1/s1. The Morgan fingerprint density at radius 2 is 2.35 bits per heavy atom. The summed E-state index contributed by atoms with van der Waals surface area (Å²) in [7, 11) is 0. The van der Waals surface area contributed by atoms with E-state index in [0.717, 1.165) is 17.9 Å². The number of thioether (sulfide) groups is 1. The molecular weight excluding hydrogens is 240 g/mol. The lowest BCUT2D eigenvalue weighted by Gasteiger charge is -2.21. The topological polar surface area (TPSA) is 69.6 Å². The van der Waals surface area contributed by atoms with Crippen molar-refractivity contribution >= 4 is 23.8 Å². The van der Waals surface area contributed by atoms with Crippen LogP contribution < -0.4 is 5.32 Å². The van der Waals surface area contributed by atoms with Crippen LogP contribution in [0.2, 0.25) is 0 Å². The maximum Gasteiger partial charge on any atom is 0.326 e. The van der Waals surface area contributed by atoms with Gasteiger partial charge in [-0.3, -0.25) is 0 Å². The molecule has 0 radical (unpaired) electrons. The van der Waals surface area contributed by atoms with Crippen LogP contribution in [0.3, 0.4) is 0 Å². The molecule has 0 saturated carbocycles. The molecule has 2 amide bonds. The monoisotopic (exact) mass is 258 g/mol. The summed E-state index contributed by atoms with van der Waals surface area (Å²) < 4.78 is 0. The Kier molecular flexibility index (Phi) is 5.90. The number of carboxylic acid groups (broad SMARTS) is 1. The lowest BCUT2D eigenvalue weighted by atomic mass is 10.2. The number of hydrogen-bond acceptors (Lipinski definition) is 3. The van der Waals surface area contributed by atoms with Crippen molar-refractivity contribution in [3.8, 4) is 0 Å². The van der Waals surface area contributed by atoms with E-state index in [1.807, 2.05) is 6.08 Å². The first-order chi connectivity index (χ1) is 8.16. The van der Waals surface area contributed by atoms with E-state index in [-0.39, 0.29) is 6.03 Å². The predicted octanol–water partition coefficient (Wildman–Crippen LogP) is 1.16. The minimum atomic E-state index is -0.918. The molecule has 1 saturated heterocycles. The number of nitrogens with one attached hydrogen (secondary N) is 1.